The van der Waals surface area contributed by atoms with E-state index in [2.05, 4.69) is 27.9 Å². The second-order valence-electron chi connectivity index (χ2n) is 7.46. The Kier molecular flexibility index (Phi) is 7.26. The average Bonchev–Trinajstić information content (AvgIpc) is 3.01. The van der Waals surface area contributed by atoms with Crippen molar-refractivity contribution >= 4 is 74.7 Å². The van der Waals surface area contributed by atoms with Gasteiger partial charge in [-0.05, 0) is 101 Å². The fourth-order valence-electron chi connectivity index (χ4n) is 3.55. The molecule has 3 aromatic carbocycles. The summed E-state index contributed by atoms with van der Waals surface area (Å²) in [6.45, 7) is 0.260. The summed E-state index contributed by atoms with van der Waals surface area (Å²) in [5, 5.41) is 3.65. The van der Waals surface area contributed by atoms with Crippen LogP contribution < -0.4 is 10.2 Å². The molecular weight excluding hydrogens is 576 g/mol. The molecule has 0 spiro atoms. The summed E-state index contributed by atoms with van der Waals surface area (Å²) in [5.74, 6) is -0.961. The summed E-state index contributed by atoms with van der Waals surface area (Å²) in [4.78, 5) is 29.3. The summed E-state index contributed by atoms with van der Waals surface area (Å²) in [5.41, 5.74) is 1.99. The average molecular weight is 594 g/mol. The normalized spacial score (nSPS) is 15.8. The van der Waals surface area contributed by atoms with Crippen LogP contribution in [0.3, 0.4) is 0 Å². The van der Waals surface area contributed by atoms with Crippen molar-refractivity contribution in [3.05, 3.63) is 92.8 Å². The van der Waals surface area contributed by atoms with Gasteiger partial charge in [0.25, 0.3) is 5.91 Å². The number of nitrogens with zero attached hydrogens (tertiary/aromatic N) is 2. The maximum Gasteiger partial charge on any atom is 0.256 e. The number of carbonyl (C=O) groups excluding carboxylic acids is 2. The summed E-state index contributed by atoms with van der Waals surface area (Å²) in [6, 6.07) is 19.3. The first kappa shape index (κ1) is 23.6. The SMILES string of the molecule is O=C(CC1C(=O)N(c2ccc(Cl)cc2)C(=S)N1Cc1ccc(F)cc1)Nc1ccc(I)cc1. The zero-order valence-corrected chi connectivity index (χ0v) is 20.9. The topological polar surface area (TPSA) is 52.7 Å². The lowest BCUT2D eigenvalue weighted by atomic mass is 10.1. The lowest BCUT2D eigenvalue weighted by molar-refractivity contribution is -0.124. The van der Waals surface area contributed by atoms with E-state index in [1.807, 2.05) is 12.1 Å². The highest BCUT2D eigenvalue weighted by molar-refractivity contribution is 14.1. The van der Waals surface area contributed by atoms with Crippen LogP contribution in [-0.4, -0.2) is 27.9 Å². The summed E-state index contributed by atoms with van der Waals surface area (Å²) in [6.07, 6.45) is -0.0871. The maximum atomic E-state index is 13.4. The van der Waals surface area contributed by atoms with Crippen molar-refractivity contribution in [1.29, 1.82) is 0 Å². The third kappa shape index (κ3) is 5.51. The van der Waals surface area contributed by atoms with Crippen LogP contribution >= 0.6 is 46.4 Å². The highest BCUT2D eigenvalue weighted by atomic mass is 127. The Morgan fingerprint density at radius 2 is 1.67 bits per heavy atom. The van der Waals surface area contributed by atoms with Crippen LogP contribution in [0, 0.1) is 9.39 Å². The van der Waals surface area contributed by atoms with Crippen LogP contribution in [0.25, 0.3) is 0 Å². The largest absolute Gasteiger partial charge is 0.332 e. The zero-order chi connectivity index (χ0) is 23.5. The van der Waals surface area contributed by atoms with Gasteiger partial charge in [0.1, 0.15) is 11.9 Å². The van der Waals surface area contributed by atoms with Crippen LogP contribution in [-0.2, 0) is 16.1 Å². The van der Waals surface area contributed by atoms with E-state index in [4.69, 9.17) is 23.8 Å². The maximum absolute atomic E-state index is 13.4. The molecule has 1 fully saturated rings. The minimum atomic E-state index is -0.804. The van der Waals surface area contributed by atoms with Crippen molar-refractivity contribution in [2.24, 2.45) is 0 Å². The molecule has 168 valence electrons. The second kappa shape index (κ2) is 10.1. The van der Waals surface area contributed by atoms with Gasteiger partial charge >= 0.3 is 0 Å². The first-order valence-electron chi connectivity index (χ1n) is 10.0. The molecule has 0 aliphatic carbocycles. The van der Waals surface area contributed by atoms with Gasteiger partial charge in [0.2, 0.25) is 5.91 Å². The van der Waals surface area contributed by atoms with E-state index in [0.29, 0.717) is 16.4 Å². The van der Waals surface area contributed by atoms with Gasteiger partial charge in [-0.1, -0.05) is 23.7 Å². The van der Waals surface area contributed by atoms with Crippen molar-refractivity contribution < 1.29 is 14.0 Å². The lowest BCUT2D eigenvalue weighted by Gasteiger charge is -2.24. The van der Waals surface area contributed by atoms with Crippen LogP contribution in [0.5, 0.6) is 0 Å². The summed E-state index contributed by atoms with van der Waals surface area (Å²) < 4.78 is 14.4. The van der Waals surface area contributed by atoms with Gasteiger partial charge in [-0.3, -0.25) is 14.5 Å². The van der Waals surface area contributed by atoms with E-state index in [-0.39, 0.29) is 35.7 Å². The number of hydrogen-bond acceptors (Lipinski definition) is 3. The molecule has 1 N–H and O–H groups in total. The molecule has 9 heteroatoms. The van der Waals surface area contributed by atoms with Crippen LogP contribution in [0.2, 0.25) is 5.02 Å². The number of halogens is 3. The second-order valence-corrected chi connectivity index (χ2v) is 9.51. The van der Waals surface area contributed by atoms with Gasteiger partial charge in [-0.25, -0.2) is 4.39 Å². The fourth-order valence-corrected chi connectivity index (χ4v) is 4.42. The van der Waals surface area contributed by atoms with Crippen molar-refractivity contribution in [1.82, 2.24) is 4.90 Å². The van der Waals surface area contributed by atoms with E-state index in [1.54, 1.807) is 53.4 Å². The minimum absolute atomic E-state index is 0.0871. The van der Waals surface area contributed by atoms with Gasteiger partial charge in [0.05, 0.1) is 12.1 Å². The molecule has 1 heterocycles. The molecule has 0 radical (unpaired) electrons. The Hall–Kier alpha value is -2.56. The first-order valence-corrected chi connectivity index (χ1v) is 11.9. The standard InChI is InChI=1S/C24H18ClFIN3O2S/c25-16-3-11-20(12-4-16)30-23(32)21(13-22(31)28-19-9-7-18(27)8-10-19)29(24(30)33)14-15-1-5-17(26)6-2-15/h1-12,21H,13-14H2,(H,28,31). The number of carbonyl (C=O) groups is 2. The van der Waals surface area contributed by atoms with E-state index in [0.717, 1.165) is 9.13 Å². The molecule has 0 bridgehead atoms. The minimum Gasteiger partial charge on any atom is -0.332 e. The van der Waals surface area contributed by atoms with Gasteiger partial charge in [0.15, 0.2) is 5.11 Å². The van der Waals surface area contributed by atoms with E-state index < -0.39 is 6.04 Å². The Labute approximate surface area is 214 Å². The third-order valence-electron chi connectivity index (χ3n) is 5.18. The summed E-state index contributed by atoms with van der Waals surface area (Å²) in [7, 11) is 0. The Morgan fingerprint density at radius 1 is 1.03 bits per heavy atom. The number of hydrogen-bond donors (Lipinski definition) is 1. The van der Waals surface area contributed by atoms with Crippen molar-refractivity contribution in [2.75, 3.05) is 10.2 Å². The molecule has 4 rings (SSSR count). The van der Waals surface area contributed by atoms with Gasteiger partial charge < -0.3 is 10.2 Å². The molecule has 1 saturated heterocycles. The molecule has 5 nitrogen and oxygen atoms in total. The predicted molar refractivity (Wildman–Crippen MR) is 140 cm³/mol. The molecule has 0 saturated carbocycles. The van der Waals surface area contributed by atoms with Crippen LogP contribution in [0.4, 0.5) is 15.8 Å². The molecular formula is C24H18ClFIN3O2S. The molecule has 3 aromatic rings. The summed E-state index contributed by atoms with van der Waals surface area (Å²) >= 11 is 13.8. The molecule has 1 unspecified atom stereocenters. The molecule has 1 atom stereocenters. The number of thiocarbonyl (C=S) groups is 1. The third-order valence-corrected chi connectivity index (χ3v) is 6.56. The van der Waals surface area contributed by atoms with Crippen molar-refractivity contribution in [3.8, 4) is 0 Å². The van der Waals surface area contributed by atoms with Crippen LogP contribution in [0.15, 0.2) is 72.8 Å². The smallest absolute Gasteiger partial charge is 0.256 e. The fraction of sp³-hybridized carbons (Fsp3) is 0.125. The highest BCUT2D eigenvalue weighted by Gasteiger charge is 2.44. The molecule has 1 aliphatic heterocycles. The number of nitrogens with one attached hydrogen (secondary N) is 1. The predicted octanol–water partition coefficient (Wildman–Crippen LogP) is 5.61. The van der Waals surface area contributed by atoms with E-state index in [1.165, 1.54) is 17.0 Å². The van der Waals surface area contributed by atoms with Gasteiger partial charge in [0, 0.05) is 20.8 Å². The number of anilines is 2. The molecule has 33 heavy (non-hydrogen) atoms. The van der Waals surface area contributed by atoms with E-state index >= 15 is 0 Å². The number of benzene rings is 3. The molecule has 0 aromatic heterocycles. The number of rotatable bonds is 6. The quantitative estimate of drug-likeness (QED) is 0.298. The Morgan fingerprint density at radius 3 is 2.30 bits per heavy atom. The Bertz CT molecular complexity index is 1190. The molecule has 1 aliphatic rings. The van der Waals surface area contributed by atoms with Crippen LogP contribution in [0.1, 0.15) is 12.0 Å². The Balaban J connectivity index is 1.59. The highest BCUT2D eigenvalue weighted by Crippen LogP contribution is 2.30. The van der Waals surface area contributed by atoms with E-state index in [9.17, 15) is 14.0 Å². The monoisotopic (exact) mass is 593 g/mol. The zero-order valence-electron chi connectivity index (χ0n) is 17.2. The van der Waals surface area contributed by atoms with Gasteiger partial charge in [-0.15, -0.1) is 0 Å². The lowest BCUT2D eigenvalue weighted by Crippen LogP contribution is -2.37. The van der Waals surface area contributed by atoms with Crippen molar-refractivity contribution in [2.45, 2.75) is 19.0 Å². The number of amides is 2. The van der Waals surface area contributed by atoms with Gasteiger partial charge in [-0.2, -0.15) is 0 Å². The first-order chi connectivity index (χ1) is 15.8. The van der Waals surface area contributed by atoms with Crippen molar-refractivity contribution in [3.63, 3.8) is 0 Å². The molecule has 2 amide bonds.